The fraction of sp³-hybridized carbons (Fsp3) is 0.614. The van der Waals surface area contributed by atoms with Crippen LogP contribution in [-0.2, 0) is 29.4 Å². The lowest BCUT2D eigenvalue weighted by molar-refractivity contribution is -0.141. The van der Waals surface area contributed by atoms with Crippen LogP contribution in [0.4, 0.5) is 17.3 Å². The first-order chi connectivity index (χ1) is 35.5. The van der Waals surface area contributed by atoms with E-state index in [2.05, 4.69) is 78.3 Å². The fourth-order valence-corrected chi connectivity index (χ4v) is 13.7. The number of nitrogens with one attached hydrogen (secondary N) is 3. The molecule has 3 saturated carbocycles. The van der Waals surface area contributed by atoms with Crippen LogP contribution in [0, 0.1) is 11.8 Å². The predicted molar refractivity (Wildman–Crippen MR) is 280 cm³/mol. The van der Waals surface area contributed by atoms with Crippen molar-refractivity contribution in [1.29, 1.82) is 0 Å². The molecule has 5 aliphatic heterocycles. The summed E-state index contributed by atoms with van der Waals surface area (Å²) in [5.74, 6) is 1.46. The molecule has 1 unspecified atom stereocenters. The molecule has 8 aliphatic rings. The van der Waals surface area contributed by atoms with E-state index >= 15 is 4.79 Å². The number of hydrogen-bond acceptors (Lipinski definition) is 11. The molecule has 3 atom stereocenters. The number of carbonyl (C=O) groups excluding carboxylic acids is 5. The maximum absolute atomic E-state index is 15.3. The Bertz CT molecular complexity index is 2760. The van der Waals surface area contributed by atoms with E-state index in [1.165, 1.54) is 19.3 Å². The highest BCUT2D eigenvalue weighted by atomic mass is 16.2. The van der Waals surface area contributed by atoms with E-state index in [9.17, 15) is 19.2 Å². The Labute approximate surface area is 428 Å². The first kappa shape index (κ1) is 48.1. The molecule has 0 bridgehead atoms. The van der Waals surface area contributed by atoms with Gasteiger partial charge in [-0.25, -0.2) is 15.0 Å². The van der Waals surface area contributed by atoms with Gasteiger partial charge in [-0.3, -0.25) is 29.3 Å². The van der Waals surface area contributed by atoms with Crippen molar-refractivity contribution < 1.29 is 24.0 Å². The Hall–Kier alpha value is -5.90. The Balaban J connectivity index is 0.685. The van der Waals surface area contributed by atoms with E-state index in [-0.39, 0.29) is 65.4 Å². The molecule has 3 aromatic heterocycles. The average molecular weight is 992 g/mol. The summed E-state index contributed by atoms with van der Waals surface area (Å²) in [5, 5.41) is 9.48. The number of amides is 5. The molecule has 16 nitrogen and oxygen atoms in total. The Morgan fingerprint density at radius 2 is 1.60 bits per heavy atom. The number of aromatic nitrogens is 4. The molecule has 4 aromatic rings. The second-order valence-corrected chi connectivity index (χ2v) is 23.3. The van der Waals surface area contributed by atoms with Gasteiger partial charge >= 0.3 is 0 Å². The molecule has 4 saturated heterocycles. The minimum absolute atomic E-state index is 0.0255. The van der Waals surface area contributed by atoms with Gasteiger partial charge in [0.05, 0.1) is 28.9 Å². The van der Waals surface area contributed by atoms with Gasteiger partial charge in [0, 0.05) is 92.6 Å². The summed E-state index contributed by atoms with van der Waals surface area (Å²) in [6.07, 6.45) is 19.3. The van der Waals surface area contributed by atoms with Crippen molar-refractivity contribution in [2.45, 2.75) is 171 Å². The van der Waals surface area contributed by atoms with Gasteiger partial charge in [-0.2, -0.15) is 0 Å². The summed E-state index contributed by atoms with van der Waals surface area (Å²) in [6.45, 7) is 9.33. The summed E-state index contributed by atoms with van der Waals surface area (Å²) in [6, 6.07) is 13.9. The number of imide groups is 1. The van der Waals surface area contributed by atoms with Crippen LogP contribution in [0.2, 0.25) is 0 Å². The smallest absolute Gasteiger partial charge is 0.238 e. The molecule has 3 N–H and O–H groups in total. The van der Waals surface area contributed by atoms with Gasteiger partial charge in [-0.15, -0.1) is 0 Å². The van der Waals surface area contributed by atoms with Crippen LogP contribution >= 0.6 is 0 Å². The van der Waals surface area contributed by atoms with Crippen molar-refractivity contribution in [2.75, 3.05) is 54.4 Å². The second kappa shape index (κ2) is 19.7. The summed E-state index contributed by atoms with van der Waals surface area (Å²) in [5.41, 5.74) is 6.06. The zero-order chi connectivity index (χ0) is 50.0. The number of nitrogens with zero attached hydrogens (tertiary/aromatic N) is 8. The normalized spacial score (nSPS) is 26.8. The van der Waals surface area contributed by atoms with Crippen molar-refractivity contribution in [2.24, 2.45) is 11.8 Å². The minimum atomic E-state index is -0.676. The van der Waals surface area contributed by atoms with Crippen molar-refractivity contribution in [3.63, 3.8) is 0 Å². The average Bonchev–Trinajstić information content (AvgIpc) is 4.06. The largest absolute Gasteiger partial charge is 0.366 e. The first-order valence-corrected chi connectivity index (χ1v) is 28.0. The van der Waals surface area contributed by atoms with Gasteiger partial charge in [-0.05, 0) is 152 Å². The number of likely N-dealkylation sites (tertiary alicyclic amines) is 2. The number of benzene rings is 1. The number of anilines is 3. The molecule has 73 heavy (non-hydrogen) atoms. The molecular formula is C57H73N11O5. The number of fused-ring (bicyclic) bond motifs is 3. The number of piperidine rings is 4. The van der Waals surface area contributed by atoms with E-state index in [4.69, 9.17) is 9.97 Å². The van der Waals surface area contributed by atoms with Gasteiger partial charge in [0.1, 0.15) is 11.3 Å². The molecule has 12 rings (SSSR count). The van der Waals surface area contributed by atoms with E-state index in [1.54, 1.807) is 6.20 Å². The summed E-state index contributed by atoms with van der Waals surface area (Å²) >= 11 is 0. The van der Waals surface area contributed by atoms with Gasteiger partial charge in [0.2, 0.25) is 29.5 Å². The fourth-order valence-electron chi connectivity index (χ4n) is 13.7. The predicted octanol–water partition coefficient (Wildman–Crippen LogP) is 7.37. The van der Waals surface area contributed by atoms with E-state index in [1.807, 2.05) is 23.4 Å². The van der Waals surface area contributed by atoms with E-state index < -0.39 is 5.41 Å². The van der Waals surface area contributed by atoms with Crippen LogP contribution in [0.1, 0.15) is 153 Å². The molecule has 3 aliphatic carbocycles. The third-order valence-corrected chi connectivity index (χ3v) is 18.2. The minimum Gasteiger partial charge on any atom is -0.366 e. The molecule has 1 spiro atoms. The maximum Gasteiger partial charge on any atom is 0.238 e. The molecule has 1 aromatic carbocycles. The van der Waals surface area contributed by atoms with Gasteiger partial charge in [0.25, 0.3) is 0 Å². The van der Waals surface area contributed by atoms with Crippen molar-refractivity contribution >= 4 is 57.9 Å². The molecule has 0 radical (unpaired) electrons. The van der Waals surface area contributed by atoms with Crippen LogP contribution in [0.15, 0.2) is 48.9 Å². The van der Waals surface area contributed by atoms with Crippen LogP contribution in [0.25, 0.3) is 22.3 Å². The topological polar surface area (TPSA) is 178 Å². The van der Waals surface area contributed by atoms with Crippen molar-refractivity contribution in [3.05, 3.63) is 60.0 Å². The summed E-state index contributed by atoms with van der Waals surface area (Å²) < 4.78 is 2.20. The van der Waals surface area contributed by atoms with Crippen LogP contribution in [0.5, 0.6) is 0 Å². The molecule has 5 amide bonds. The highest BCUT2D eigenvalue weighted by Crippen LogP contribution is 2.52. The van der Waals surface area contributed by atoms with Crippen LogP contribution in [-0.4, -0.2) is 122 Å². The van der Waals surface area contributed by atoms with Crippen molar-refractivity contribution in [1.82, 2.24) is 40.0 Å². The molecule has 386 valence electrons. The first-order valence-electron chi connectivity index (χ1n) is 28.0. The summed E-state index contributed by atoms with van der Waals surface area (Å²) in [7, 11) is 0. The number of rotatable bonds is 12. The van der Waals surface area contributed by atoms with E-state index in [0.29, 0.717) is 63.7 Å². The number of pyridine rings is 2. The lowest BCUT2D eigenvalue weighted by atomic mass is 9.73. The molecule has 16 heteroatoms. The number of hydrogen-bond donors (Lipinski definition) is 3. The second-order valence-electron chi connectivity index (χ2n) is 23.3. The SMILES string of the molecule is CC(C)n1cnc2cc(-c3ccc4c(c3)N([C@H]3C[C@@H](N5CCCCC5)C3)C(=O)C43CCN(C(=O)[C@@H]4CCC[C@H](NC(=O)CC5CCN(c6ccc(C7CCC(=O)NC7=O)cn6)CC5)C4)CC3)nc(NC3CC3)c21. The van der Waals surface area contributed by atoms with E-state index in [0.717, 1.165) is 135 Å². The van der Waals surface area contributed by atoms with Crippen molar-refractivity contribution in [3.8, 4) is 11.3 Å². The summed E-state index contributed by atoms with van der Waals surface area (Å²) in [4.78, 5) is 91.0. The lowest BCUT2D eigenvalue weighted by Gasteiger charge is -2.48. The zero-order valence-electron chi connectivity index (χ0n) is 42.8. The Morgan fingerprint density at radius 3 is 2.33 bits per heavy atom. The lowest BCUT2D eigenvalue weighted by Crippen LogP contribution is -2.58. The zero-order valence-corrected chi connectivity index (χ0v) is 42.8. The highest BCUT2D eigenvalue weighted by Gasteiger charge is 2.56. The molecule has 7 fully saturated rings. The number of imidazole rings is 1. The quantitative estimate of drug-likeness (QED) is 0.121. The third-order valence-electron chi connectivity index (χ3n) is 18.2. The standard InChI is InChI=1S/C57H73N11O5/c1-35(2)67-34-59-47-32-46(62-53(52(47)67)61-40-11-12-40)37-9-14-45-48(29-37)68(43-30-42(31-43)64-21-4-3-5-22-64)56(73)57(45)19-25-66(26-20-57)55(72)38-7-6-8-41(28-38)60-51(70)27-36-17-23-65(24-18-36)49-15-10-39(33-58-49)44-13-16-50(69)63-54(44)71/h9-10,14-15,29,32-36,38,40-44H,3-8,11-13,16-28,30-31H2,1-2H3,(H,60,70)(H,61,62)(H,63,69,71)/t38-,41+,42-,43+,44?/m1/s1. The van der Waals surface area contributed by atoms with Gasteiger partial charge < -0.3 is 34.8 Å². The Kier molecular flexibility index (Phi) is 13.0. The Morgan fingerprint density at radius 1 is 0.808 bits per heavy atom. The third kappa shape index (κ3) is 9.39. The molecule has 8 heterocycles. The highest BCUT2D eigenvalue weighted by molar-refractivity contribution is 6.09. The van der Waals surface area contributed by atoms with Gasteiger partial charge in [-0.1, -0.05) is 31.0 Å². The van der Waals surface area contributed by atoms with Crippen LogP contribution < -0.4 is 25.8 Å². The maximum atomic E-state index is 15.3. The molecular weight excluding hydrogens is 919 g/mol. The number of carbonyl (C=O) groups is 5. The van der Waals surface area contributed by atoms with Gasteiger partial charge in [0.15, 0.2) is 5.82 Å². The van der Waals surface area contributed by atoms with Crippen LogP contribution in [0.3, 0.4) is 0 Å². The monoisotopic (exact) mass is 992 g/mol.